The molecule has 29 heavy (non-hydrogen) atoms. The minimum Gasteiger partial charge on any atom is -0.326 e. The Hall–Kier alpha value is -2.47. The SMILES string of the molecule is CCCC(=O)N(Cc1nc2cc(CCl)ccc2n1CCC)c1cc(F)ccc1F. The molecule has 4 nitrogen and oxygen atoms in total. The zero-order valence-corrected chi connectivity index (χ0v) is 17.3. The van der Waals surface area contributed by atoms with Crippen LogP contribution in [0.4, 0.5) is 14.5 Å². The van der Waals surface area contributed by atoms with E-state index in [4.69, 9.17) is 16.6 Å². The fourth-order valence-corrected chi connectivity index (χ4v) is 3.56. The van der Waals surface area contributed by atoms with Crippen LogP contribution in [0.1, 0.15) is 44.5 Å². The van der Waals surface area contributed by atoms with Crippen LogP contribution in [0.25, 0.3) is 11.0 Å². The Kier molecular flexibility index (Phi) is 6.85. The van der Waals surface area contributed by atoms with Gasteiger partial charge in [-0.05, 0) is 42.7 Å². The number of imidazole rings is 1. The fourth-order valence-electron chi connectivity index (χ4n) is 3.39. The first kappa shape index (κ1) is 21.2. The van der Waals surface area contributed by atoms with Crippen LogP contribution in [0.5, 0.6) is 0 Å². The fraction of sp³-hybridized carbons (Fsp3) is 0.364. The molecular weight excluding hydrogens is 396 g/mol. The molecule has 1 amide bonds. The summed E-state index contributed by atoms with van der Waals surface area (Å²) in [5.74, 6) is -0.500. The number of halogens is 3. The second-order valence-electron chi connectivity index (χ2n) is 6.96. The molecule has 3 rings (SSSR count). The van der Waals surface area contributed by atoms with E-state index in [-0.39, 0.29) is 24.6 Å². The first-order chi connectivity index (χ1) is 14.0. The van der Waals surface area contributed by atoms with Crippen molar-refractivity contribution in [1.29, 1.82) is 0 Å². The highest BCUT2D eigenvalue weighted by molar-refractivity contribution is 6.17. The van der Waals surface area contributed by atoms with Crippen molar-refractivity contribution in [2.75, 3.05) is 4.90 Å². The average molecular weight is 420 g/mol. The van der Waals surface area contributed by atoms with Crippen LogP contribution in [0.2, 0.25) is 0 Å². The number of carbonyl (C=O) groups excluding carboxylic acids is 1. The van der Waals surface area contributed by atoms with E-state index in [1.807, 2.05) is 29.7 Å². The summed E-state index contributed by atoms with van der Waals surface area (Å²) in [6, 6.07) is 8.96. The molecule has 0 aliphatic rings. The van der Waals surface area contributed by atoms with Crippen molar-refractivity contribution in [3.8, 4) is 0 Å². The smallest absolute Gasteiger partial charge is 0.227 e. The van der Waals surface area contributed by atoms with Crippen LogP contribution in [0.15, 0.2) is 36.4 Å². The lowest BCUT2D eigenvalue weighted by molar-refractivity contribution is -0.118. The van der Waals surface area contributed by atoms with E-state index in [0.717, 1.165) is 41.2 Å². The lowest BCUT2D eigenvalue weighted by Crippen LogP contribution is -2.32. The molecule has 2 aromatic carbocycles. The van der Waals surface area contributed by atoms with Crippen molar-refractivity contribution in [3.63, 3.8) is 0 Å². The van der Waals surface area contributed by atoms with E-state index in [1.54, 1.807) is 0 Å². The lowest BCUT2D eigenvalue weighted by Gasteiger charge is -2.23. The zero-order chi connectivity index (χ0) is 21.0. The predicted molar refractivity (Wildman–Crippen MR) is 112 cm³/mol. The van der Waals surface area contributed by atoms with Crippen molar-refractivity contribution in [2.45, 2.75) is 52.1 Å². The largest absolute Gasteiger partial charge is 0.326 e. The summed E-state index contributed by atoms with van der Waals surface area (Å²) < 4.78 is 30.3. The molecule has 0 bridgehead atoms. The third-order valence-corrected chi connectivity index (χ3v) is 5.07. The van der Waals surface area contributed by atoms with Crippen LogP contribution in [-0.2, 0) is 23.8 Å². The molecule has 0 unspecified atom stereocenters. The Labute approximate surface area is 174 Å². The standard InChI is InChI=1S/C22H24ClF2N3O/c1-3-5-22(29)28(20-12-16(24)7-8-17(20)25)14-21-26-18-11-15(13-23)6-9-19(18)27(21)10-4-2/h6-9,11-12H,3-5,10,13-14H2,1-2H3. The van der Waals surface area contributed by atoms with Gasteiger partial charge in [0.2, 0.25) is 5.91 Å². The first-order valence-electron chi connectivity index (χ1n) is 9.77. The van der Waals surface area contributed by atoms with E-state index < -0.39 is 11.6 Å². The van der Waals surface area contributed by atoms with Gasteiger partial charge in [-0.1, -0.05) is 19.9 Å². The highest BCUT2D eigenvalue weighted by atomic mass is 35.5. The van der Waals surface area contributed by atoms with E-state index in [1.165, 1.54) is 4.90 Å². The second kappa shape index (κ2) is 9.35. The number of alkyl halides is 1. The quantitative estimate of drug-likeness (QED) is 0.433. The van der Waals surface area contributed by atoms with Crippen LogP contribution >= 0.6 is 11.6 Å². The molecule has 1 aromatic heterocycles. The molecule has 0 saturated carbocycles. The molecule has 154 valence electrons. The normalized spacial score (nSPS) is 11.2. The number of anilines is 1. The molecule has 1 heterocycles. The van der Waals surface area contributed by atoms with E-state index in [9.17, 15) is 13.6 Å². The maximum absolute atomic E-state index is 14.5. The lowest BCUT2D eigenvalue weighted by atomic mass is 10.2. The van der Waals surface area contributed by atoms with E-state index in [0.29, 0.717) is 24.7 Å². The van der Waals surface area contributed by atoms with Crippen molar-refractivity contribution in [3.05, 3.63) is 59.4 Å². The molecule has 0 atom stereocenters. The molecule has 7 heteroatoms. The number of rotatable bonds is 8. The number of aryl methyl sites for hydroxylation is 1. The summed E-state index contributed by atoms with van der Waals surface area (Å²) in [6.07, 6.45) is 1.71. The van der Waals surface area contributed by atoms with Gasteiger partial charge in [0.15, 0.2) is 0 Å². The molecule has 0 aliphatic heterocycles. The van der Waals surface area contributed by atoms with Crippen molar-refractivity contribution in [2.24, 2.45) is 0 Å². The van der Waals surface area contributed by atoms with E-state index >= 15 is 0 Å². The molecule has 0 radical (unpaired) electrons. The van der Waals surface area contributed by atoms with Gasteiger partial charge in [-0.3, -0.25) is 4.79 Å². The number of aromatic nitrogens is 2. The number of hydrogen-bond donors (Lipinski definition) is 0. The Morgan fingerprint density at radius 2 is 1.93 bits per heavy atom. The Bertz CT molecular complexity index is 1020. The number of fused-ring (bicyclic) bond motifs is 1. The minimum atomic E-state index is -0.640. The molecule has 0 spiro atoms. The number of nitrogens with zero attached hydrogens (tertiary/aromatic N) is 3. The summed E-state index contributed by atoms with van der Waals surface area (Å²) in [5, 5.41) is 0. The van der Waals surface area contributed by atoms with E-state index in [2.05, 4.69) is 6.92 Å². The average Bonchev–Trinajstić information content (AvgIpc) is 3.05. The summed E-state index contributed by atoms with van der Waals surface area (Å²) in [4.78, 5) is 18.8. The molecule has 0 fully saturated rings. The topological polar surface area (TPSA) is 38.1 Å². The maximum atomic E-state index is 14.5. The Morgan fingerprint density at radius 1 is 1.14 bits per heavy atom. The number of hydrogen-bond acceptors (Lipinski definition) is 2. The Balaban J connectivity index is 2.09. The molecule has 3 aromatic rings. The summed E-state index contributed by atoms with van der Waals surface area (Å²) in [6.45, 7) is 4.69. The highest BCUT2D eigenvalue weighted by Crippen LogP contribution is 2.26. The van der Waals surface area contributed by atoms with Gasteiger partial charge in [0, 0.05) is 24.9 Å². The van der Waals surface area contributed by atoms with Crippen LogP contribution in [-0.4, -0.2) is 15.5 Å². The van der Waals surface area contributed by atoms with Gasteiger partial charge in [0.25, 0.3) is 0 Å². The van der Waals surface area contributed by atoms with Gasteiger partial charge < -0.3 is 9.47 Å². The van der Waals surface area contributed by atoms with Crippen molar-refractivity contribution in [1.82, 2.24) is 9.55 Å². The molecule has 0 aliphatic carbocycles. The number of benzene rings is 2. The van der Waals surface area contributed by atoms with Crippen LogP contribution in [0.3, 0.4) is 0 Å². The Morgan fingerprint density at radius 3 is 2.62 bits per heavy atom. The monoisotopic (exact) mass is 419 g/mol. The van der Waals surface area contributed by atoms with Gasteiger partial charge in [0.05, 0.1) is 23.3 Å². The van der Waals surface area contributed by atoms with Crippen LogP contribution < -0.4 is 4.90 Å². The van der Waals surface area contributed by atoms with Gasteiger partial charge in [-0.15, -0.1) is 11.6 Å². The van der Waals surface area contributed by atoms with Gasteiger partial charge in [0.1, 0.15) is 17.5 Å². The summed E-state index contributed by atoms with van der Waals surface area (Å²) in [7, 11) is 0. The third-order valence-electron chi connectivity index (χ3n) is 4.76. The maximum Gasteiger partial charge on any atom is 0.227 e. The summed E-state index contributed by atoms with van der Waals surface area (Å²) >= 11 is 5.94. The molecule has 0 N–H and O–H groups in total. The molecule has 0 saturated heterocycles. The predicted octanol–water partition coefficient (Wildman–Crippen LogP) is 5.80. The number of carbonyl (C=O) groups is 1. The van der Waals surface area contributed by atoms with Gasteiger partial charge in [-0.2, -0.15) is 0 Å². The number of amides is 1. The highest BCUT2D eigenvalue weighted by Gasteiger charge is 2.23. The van der Waals surface area contributed by atoms with Gasteiger partial charge in [-0.25, -0.2) is 13.8 Å². The van der Waals surface area contributed by atoms with Crippen molar-refractivity contribution >= 4 is 34.2 Å². The minimum absolute atomic E-state index is 0.0596. The van der Waals surface area contributed by atoms with Crippen LogP contribution in [0, 0.1) is 11.6 Å². The zero-order valence-electron chi connectivity index (χ0n) is 16.6. The van der Waals surface area contributed by atoms with Crippen molar-refractivity contribution < 1.29 is 13.6 Å². The van der Waals surface area contributed by atoms with Gasteiger partial charge >= 0.3 is 0 Å². The summed E-state index contributed by atoms with van der Waals surface area (Å²) in [5.41, 5.74) is 2.58. The third kappa shape index (κ3) is 4.58. The molecular formula is C22H24ClF2N3O. The first-order valence-corrected chi connectivity index (χ1v) is 10.3. The second-order valence-corrected chi connectivity index (χ2v) is 7.23.